The van der Waals surface area contributed by atoms with E-state index in [1.54, 1.807) is 26.0 Å². The number of hydrogen-bond donors (Lipinski definition) is 3. The minimum Gasteiger partial charge on any atom is -0.481 e. The normalized spacial score (nSPS) is 12.8. The van der Waals surface area contributed by atoms with E-state index in [2.05, 4.69) is 5.32 Å². The zero-order valence-corrected chi connectivity index (χ0v) is 11.9. The molecule has 0 radical (unpaired) electrons. The Labute approximate surface area is 119 Å². The smallest absolute Gasteiger partial charge is 0.311 e. The highest BCUT2D eigenvalue weighted by atomic mass is 16.4. The second kappa shape index (κ2) is 7.05. The number of carboxylic acid groups (broad SMARTS) is 1. The van der Waals surface area contributed by atoms with Gasteiger partial charge in [-0.25, -0.2) is 0 Å². The van der Waals surface area contributed by atoms with Crippen molar-refractivity contribution in [2.45, 2.75) is 32.7 Å². The fraction of sp³-hybridized carbons (Fsp3) is 0.467. The Balaban J connectivity index is 2.69. The van der Waals surface area contributed by atoms with Gasteiger partial charge in [0.15, 0.2) is 0 Å². The highest BCUT2D eigenvalue weighted by Crippen LogP contribution is 2.25. The van der Waals surface area contributed by atoms with Gasteiger partial charge in [0, 0.05) is 6.54 Å². The number of rotatable bonds is 7. The Morgan fingerprint density at radius 2 is 1.80 bits per heavy atom. The first-order chi connectivity index (χ1) is 9.46. The van der Waals surface area contributed by atoms with Crippen LogP contribution in [0.5, 0.6) is 0 Å². The molecule has 0 bridgehead atoms. The molecule has 0 aliphatic rings. The van der Waals surface area contributed by atoms with Gasteiger partial charge in [0.25, 0.3) is 0 Å². The molecule has 0 unspecified atom stereocenters. The average molecular weight is 278 g/mol. The van der Waals surface area contributed by atoms with Gasteiger partial charge in [0.1, 0.15) is 6.04 Å². The van der Waals surface area contributed by atoms with Crippen molar-refractivity contribution in [3.63, 3.8) is 0 Å². The van der Waals surface area contributed by atoms with E-state index in [1.807, 2.05) is 18.2 Å². The molecular weight excluding hydrogens is 256 g/mol. The number of nitrogens with two attached hydrogens (primary N) is 1. The first-order valence-electron chi connectivity index (χ1n) is 6.78. The molecule has 1 aromatic carbocycles. The Bertz CT molecular complexity index is 455. The van der Waals surface area contributed by atoms with Crippen LogP contribution in [-0.4, -0.2) is 23.5 Å². The number of carboxylic acids is 1. The third kappa shape index (κ3) is 3.57. The molecule has 4 N–H and O–H groups in total. The quantitative estimate of drug-likeness (QED) is 0.707. The summed E-state index contributed by atoms with van der Waals surface area (Å²) in [5.74, 6) is -1.25. The molecule has 0 fully saturated rings. The molecule has 0 saturated carbocycles. The molecule has 20 heavy (non-hydrogen) atoms. The van der Waals surface area contributed by atoms with Crippen LogP contribution in [0.1, 0.15) is 38.3 Å². The third-order valence-corrected chi connectivity index (χ3v) is 3.85. The van der Waals surface area contributed by atoms with Crippen molar-refractivity contribution in [2.24, 2.45) is 11.1 Å². The number of benzene rings is 1. The second-order valence-corrected chi connectivity index (χ2v) is 4.90. The predicted octanol–water partition coefficient (Wildman–Crippen LogP) is 1.69. The molecule has 5 heteroatoms. The van der Waals surface area contributed by atoms with Gasteiger partial charge in [-0.2, -0.15) is 0 Å². The molecule has 5 nitrogen and oxygen atoms in total. The summed E-state index contributed by atoms with van der Waals surface area (Å²) in [6.45, 7) is 3.70. The van der Waals surface area contributed by atoms with Crippen LogP contribution in [0.3, 0.4) is 0 Å². The first kappa shape index (κ1) is 16.2. The summed E-state index contributed by atoms with van der Waals surface area (Å²) in [5.41, 5.74) is 5.65. The SMILES string of the molecule is CCC(CC)(CNC(=O)[C@@H](N)c1ccccc1)C(=O)O. The second-order valence-electron chi connectivity index (χ2n) is 4.90. The van der Waals surface area contributed by atoms with Gasteiger partial charge >= 0.3 is 5.97 Å². The van der Waals surface area contributed by atoms with Crippen LogP contribution in [0.15, 0.2) is 30.3 Å². The summed E-state index contributed by atoms with van der Waals surface area (Å²) in [6.07, 6.45) is 0.916. The van der Waals surface area contributed by atoms with Crippen LogP contribution < -0.4 is 11.1 Å². The maximum atomic E-state index is 12.0. The van der Waals surface area contributed by atoms with E-state index in [1.165, 1.54) is 0 Å². The predicted molar refractivity (Wildman–Crippen MR) is 77.0 cm³/mol. The van der Waals surface area contributed by atoms with Gasteiger partial charge in [0.05, 0.1) is 5.41 Å². The lowest BCUT2D eigenvalue weighted by molar-refractivity contribution is -0.149. The molecular formula is C15H22N2O3. The first-order valence-corrected chi connectivity index (χ1v) is 6.78. The monoisotopic (exact) mass is 278 g/mol. The van der Waals surface area contributed by atoms with Crippen LogP contribution in [0, 0.1) is 5.41 Å². The standard InChI is InChI=1S/C15H22N2O3/c1-3-15(4-2,14(19)20)10-17-13(18)12(16)11-8-6-5-7-9-11/h5-9,12H,3-4,10,16H2,1-2H3,(H,17,18)(H,19,20)/t12-/m0/s1. The largest absolute Gasteiger partial charge is 0.481 e. The fourth-order valence-corrected chi connectivity index (χ4v) is 2.06. The van der Waals surface area contributed by atoms with E-state index in [0.717, 1.165) is 0 Å². The van der Waals surface area contributed by atoms with Crippen molar-refractivity contribution in [3.8, 4) is 0 Å². The van der Waals surface area contributed by atoms with E-state index in [9.17, 15) is 14.7 Å². The van der Waals surface area contributed by atoms with Crippen molar-refractivity contribution in [2.75, 3.05) is 6.54 Å². The summed E-state index contributed by atoms with van der Waals surface area (Å²) in [6, 6.07) is 8.22. The summed E-state index contributed by atoms with van der Waals surface area (Å²) in [4.78, 5) is 23.4. The summed E-state index contributed by atoms with van der Waals surface area (Å²) in [5, 5.41) is 12.0. The van der Waals surface area contributed by atoms with E-state index in [-0.39, 0.29) is 12.5 Å². The number of aliphatic carboxylic acids is 1. The van der Waals surface area contributed by atoms with E-state index in [4.69, 9.17) is 5.73 Å². The molecule has 1 atom stereocenters. The zero-order chi connectivity index (χ0) is 15.2. The summed E-state index contributed by atoms with van der Waals surface area (Å²) in [7, 11) is 0. The molecule has 0 spiro atoms. The topological polar surface area (TPSA) is 92.4 Å². The van der Waals surface area contributed by atoms with Crippen LogP contribution in [0.2, 0.25) is 0 Å². The highest BCUT2D eigenvalue weighted by Gasteiger charge is 2.35. The van der Waals surface area contributed by atoms with Gasteiger partial charge in [-0.15, -0.1) is 0 Å². The number of nitrogens with one attached hydrogen (secondary N) is 1. The summed E-state index contributed by atoms with van der Waals surface area (Å²) >= 11 is 0. The van der Waals surface area contributed by atoms with E-state index < -0.39 is 17.4 Å². The number of carbonyl (C=O) groups excluding carboxylic acids is 1. The maximum Gasteiger partial charge on any atom is 0.311 e. The van der Waals surface area contributed by atoms with Gasteiger partial charge in [-0.05, 0) is 18.4 Å². The lowest BCUT2D eigenvalue weighted by Gasteiger charge is -2.27. The van der Waals surface area contributed by atoms with Crippen LogP contribution in [0.25, 0.3) is 0 Å². The highest BCUT2D eigenvalue weighted by molar-refractivity contribution is 5.84. The van der Waals surface area contributed by atoms with Gasteiger partial charge in [-0.1, -0.05) is 44.2 Å². The van der Waals surface area contributed by atoms with Crippen LogP contribution in [0.4, 0.5) is 0 Å². The van der Waals surface area contributed by atoms with Crippen molar-refractivity contribution in [3.05, 3.63) is 35.9 Å². The van der Waals surface area contributed by atoms with E-state index >= 15 is 0 Å². The molecule has 0 aliphatic carbocycles. The minimum atomic E-state index is -0.925. The average Bonchev–Trinajstić information content (AvgIpc) is 2.48. The van der Waals surface area contributed by atoms with Crippen molar-refractivity contribution < 1.29 is 14.7 Å². The molecule has 110 valence electrons. The van der Waals surface area contributed by atoms with Gasteiger partial charge in [0.2, 0.25) is 5.91 Å². The number of carbonyl (C=O) groups is 2. The molecule has 0 saturated heterocycles. The van der Waals surface area contributed by atoms with E-state index in [0.29, 0.717) is 18.4 Å². The molecule has 1 rings (SSSR count). The molecule has 1 amide bonds. The fourth-order valence-electron chi connectivity index (χ4n) is 2.06. The van der Waals surface area contributed by atoms with Crippen LogP contribution >= 0.6 is 0 Å². The van der Waals surface area contributed by atoms with Gasteiger partial charge < -0.3 is 16.2 Å². The Morgan fingerprint density at radius 3 is 2.25 bits per heavy atom. The van der Waals surface area contributed by atoms with Crippen molar-refractivity contribution >= 4 is 11.9 Å². The zero-order valence-electron chi connectivity index (χ0n) is 11.9. The number of amides is 1. The number of hydrogen-bond acceptors (Lipinski definition) is 3. The lowest BCUT2D eigenvalue weighted by Crippen LogP contribution is -2.45. The van der Waals surface area contributed by atoms with Crippen molar-refractivity contribution in [1.82, 2.24) is 5.32 Å². The van der Waals surface area contributed by atoms with Crippen molar-refractivity contribution in [1.29, 1.82) is 0 Å². The third-order valence-electron chi connectivity index (χ3n) is 3.85. The molecule has 0 aliphatic heterocycles. The maximum absolute atomic E-state index is 12.0. The van der Waals surface area contributed by atoms with Crippen LogP contribution in [-0.2, 0) is 9.59 Å². The minimum absolute atomic E-state index is 0.0920. The Hall–Kier alpha value is -1.88. The lowest BCUT2D eigenvalue weighted by atomic mass is 9.82. The molecule has 0 aromatic heterocycles. The van der Waals surface area contributed by atoms with Gasteiger partial charge in [-0.3, -0.25) is 9.59 Å². The molecule has 0 heterocycles. The Kier molecular flexibility index (Phi) is 5.70. The molecule has 1 aromatic rings. The Morgan fingerprint density at radius 1 is 1.25 bits per heavy atom. The summed E-state index contributed by atoms with van der Waals surface area (Å²) < 4.78 is 0.